The van der Waals surface area contributed by atoms with Crippen LogP contribution >= 0.6 is 0 Å². The van der Waals surface area contributed by atoms with E-state index in [1.807, 2.05) is 13.8 Å². The number of aliphatic hydroxyl groups is 3. The Morgan fingerprint density at radius 2 is 2.12 bits per heavy atom. The fraction of sp³-hybridized carbons (Fsp3) is 1.00. The zero-order chi connectivity index (χ0) is 11.9. The number of hydrogen-bond acceptors (Lipinski definition) is 5. The van der Waals surface area contributed by atoms with Crippen molar-refractivity contribution < 1.29 is 24.8 Å². The second-order valence-electron chi connectivity index (χ2n) is 5.22. The van der Waals surface area contributed by atoms with Crippen LogP contribution in [0.5, 0.6) is 0 Å². The van der Waals surface area contributed by atoms with Gasteiger partial charge in [0.15, 0.2) is 5.79 Å². The van der Waals surface area contributed by atoms with Crippen LogP contribution in [0.3, 0.4) is 0 Å². The van der Waals surface area contributed by atoms with E-state index in [1.54, 1.807) is 0 Å². The van der Waals surface area contributed by atoms with Crippen molar-refractivity contribution in [3.8, 4) is 0 Å². The van der Waals surface area contributed by atoms with Crippen molar-refractivity contribution in [2.45, 2.75) is 56.9 Å². The lowest BCUT2D eigenvalue weighted by molar-refractivity contribution is -0.217. The van der Waals surface area contributed by atoms with E-state index in [9.17, 15) is 10.2 Å². The van der Waals surface area contributed by atoms with Gasteiger partial charge >= 0.3 is 0 Å². The van der Waals surface area contributed by atoms with Gasteiger partial charge in [0.05, 0.1) is 12.7 Å². The third-order valence-corrected chi connectivity index (χ3v) is 3.22. The molecular weight excluding hydrogens is 212 g/mol. The van der Waals surface area contributed by atoms with Gasteiger partial charge in [-0.25, -0.2) is 0 Å². The first-order valence-electron chi connectivity index (χ1n) is 5.80. The van der Waals surface area contributed by atoms with Crippen molar-refractivity contribution >= 4 is 0 Å². The van der Waals surface area contributed by atoms with Gasteiger partial charge in [0.1, 0.15) is 18.3 Å². The number of fused-ring (bicyclic) bond motifs is 1. The monoisotopic (exact) mass is 232 g/mol. The van der Waals surface area contributed by atoms with E-state index in [-0.39, 0.29) is 12.7 Å². The number of ether oxygens (including phenoxy) is 2. The summed E-state index contributed by atoms with van der Waals surface area (Å²) in [6.07, 6.45) is -1.37. The third-order valence-electron chi connectivity index (χ3n) is 3.22. The lowest BCUT2D eigenvalue weighted by Crippen LogP contribution is -2.38. The molecule has 0 amide bonds. The van der Waals surface area contributed by atoms with Crippen LogP contribution in [0.4, 0.5) is 0 Å². The smallest absolute Gasteiger partial charge is 0.168 e. The molecule has 0 spiro atoms. The first-order chi connectivity index (χ1) is 7.45. The molecule has 2 aliphatic heterocycles. The van der Waals surface area contributed by atoms with Gasteiger partial charge in [-0.05, 0) is 5.92 Å². The molecule has 5 nitrogen and oxygen atoms in total. The molecule has 16 heavy (non-hydrogen) atoms. The maximum atomic E-state index is 10.2. The van der Waals surface area contributed by atoms with E-state index in [2.05, 4.69) is 0 Å². The molecule has 3 N–H and O–H groups in total. The molecule has 5 atom stereocenters. The molecule has 2 heterocycles. The minimum Gasteiger partial charge on any atom is -0.394 e. The SMILES string of the molecule is CC(C)CC1(O)C[C@H]2O[C@H](CO)C(O)[C@H]2O1. The highest BCUT2D eigenvalue weighted by Gasteiger charge is 2.55. The van der Waals surface area contributed by atoms with E-state index in [1.165, 1.54) is 0 Å². The molecule has 0 saturated carbocycles. The van der Waals surface area contributed by atoms with Gasteiger partial charge in [0.25, 0.3) is 0 Å². The lowest BCUT2D eigenvalue weighted by atomic mass is 9.99. The van der Waals surface area contributed by atoms with E-state index in [4.69, 9.17) is 14.6 Å². The summed E-state index contributed by atoms with van der Waals surface area (Å²) >= 11 is 0. The molecule has 0 aromatic heterocycles. The molecule has 2 aliphatic rings. The minimum absolute atomic E-state index is 0.222. The van der Waals surface area contributed by atoms with Gasteiger partial charge in [-0.15, -0.1) is 0 Å². The van der Waals surface area contributed by atoms with Crippen LogP contribution in [0.25, 0.3) is 0 Å². The highest BCUT2D eigenvalue weighted by atomic mass is 16.7. The summed E-state index contributed by atoms with van der Waals surface area (Å²) in [6, 6.07) is 0. The largest absolute Gasteiger partial charge is 0.394 e. The Hall–Kier alpha value is -0.200. The van der Waals surface area contributed by atoms with Crippen molar-refractivity contribution in [2.75, 3.05) is 6.61 Å². The maximum absolute atomic E-state index is 10.2. The summed E-state index contributed by atoms with van der Waals surface area (Å²) in [5.41, 5.74) is 0. The van der Waals surface area contributed by atoms with Gasteiger partial charge < -0.3 is 24.8 Å². The van der Waals surface area contributed by atoms with Gasteiger partial charge in [0, 0.05) is 12.8 Å². The Morgan fingerprint density at radius 3 is 2.62 bits per heavy atom. The van der Waals surface area contributed by atoms with Crippen LogP contribution in [0, 0.1) is 5.92 Å². The predicted octanol–water partition coefficient (Wildman–Crippen LogP) is -0.369. The fourth-order valence-corrected chi connectivity index (χ4v) is 2.66. The zero-order valence-corrected chi connectivity index (χ0v) is 9.67. The Morgan fingerprint density at radius 1 is 1.44 bits per heavy atom. The van der Waals surface area contributed by atoms with E-state index in [0.29, 0.717) is 18.8 Å². The standard InChI is InChI=1S/C11H20O5/c1-6(2)3-11(14)4-7-10(16-11)9(13)8(5-12)15-7/h6-10,12-14H,3-5H2,1-2H3/t7-,8-,9?,10+,11?/m1/s1. The molecule has 2 saturated heterocycles. The van der Waals surface area contributed by atoms with Crippen LogP contribution in [-0.4, -0.2) is 52.1 Å². The lowest BCUT2D eigenvalue weighted by Gasteiger charge is -2.27. The maximum Gasteiger partial charge on any atom is 0.168 e. The molecule has 0 bridgehead atoms. The summed E-state index contributed by atoms with van der Waals surface area (Å²) in [7, 11) is 0. The summed E-state index contributed by atoms with van der Waals surface area (Å²) < 4.78 is 10.9. The molecule has 0 radical (unpaired) electrons. The average Bonchev–Trinajstić information content (AvgIpc) is 2.61. The molecule has 2 fully saturated rings. The molecule has 0 aromatic rings. The molecule has 2 unspecified atom stereocenters. The molecule has 0 aliphatic carbocycles. The fourth-order valence-electron chi connectivity index (χ4n) is 2.66. The molecule has 2 rings (SSSR count). The molecule has 94 valence electrons. The number of hydrogen-bond donors (Lipinski definition) is 3. The van der Waals surface area contributed by atoms with Crippen molar-refractivity contribution in [2.24, 2.45) is 5.92 Å². The molecule has 0 aromatic carbocycles. The van der Waals surface area contributed by atoms with Gasteiger partial charge in [-0.3, -0.25) is 0 Å². The topological polar surface area (TPSA) is 79.2 Å². The quantitative estimate of drug-likeness (QED) is 0.619. The van der Waals surface area contributed by atoms with Gasteiger partial charge in [-0.2, -0.15) is 0 Å². The first kappa shape index (κ1) is 12.3. The molecular formula is C11H20O5. The van der Waals surface area contributed by atoms with Crippen molar-refractivity contribution in [1.82, 2.24) is 0 Å². The first-order valence-corrected chi connectivity index (χ1v) is 5.80. The third kappa shape index (κ3) is 2.10. The Kier molecular flexibility index (Phi) is 3.25. The summed E-state index contributed by atoms with van der Waals surface area (Å²) in [5.74, 6) is -0.875. The summed E-state index contributed by atoms with van der Waals surface area (Å²) in [4.78, 5) is 0. The Bertz CT molecular complexity index is 257. The zero-order valence-electron chi connectivity index (χ0n) is 9.67. The van der Waals surface area contributed by atoms with Crippen LogP contribution < -0.4 is 0 Å². The second-order valence-corrected chi connectivity index (χ2v) is 5.22. The predicted molar refractivity (Wildman–Crippen MR) is 55.6 cm³/mol. The minimum atomic E-state index is -1.19. The van der Waals surface area contributed by atoms with Crippen LogP contribution in [0.1, 0.15) is 26.7 Å². The van der Waals surface area contributed by atoms with E-state index < -0.39 is 24.1 Å². The molecule has 5 heteroatoms. The van der Waals surface area contributed by atoms with Crippen LogP contribution in [0.2, 0.25) is 0 Å². The summed E-state index contributed by atoms with van der Waals surface area (Å²) in [6.45, 7) is 3.78. The Balaban J connectivity index is 2.00. The van der Waals surface area contributed by atoms with Gasteiger partial charge in [-0.1, -0.05) is 13.8 Å². The summed E-state index contributed by atoms with van der Waals surface area (Å²) in [5, 5.41) is 28.9. The van der Waals surface area contributed by atoms with Crippen molar-refractivity contribution in [3.63, 3.8) is 0 Å². The number of rotatable bonds is 3. The number of aliphatic hydroxyl groups excluding tert-OH is 2. The Labute approximate surface area is 95.0 Å². The van der Waals surface area contributed by atoms with E-state index >= 15 is 0 Å². The second kappa shape index (κ2) is 4.23. The normalized spacial score (nSPS) is 47.6. The van der Waals surface area contributed by atoms with Crippen molar-refractivity contribution in [1.29, 1.82) is 0 Å². The van der Waals surface area contributed by atoms with Crippen LogP contribution in [0.15, 0.2) is 0 Å². The van der Waals surface area contributed by atoms with E-state index in [0.717, 1.165) is 0 Å². The van der Waals surface area contributed by atoms with Crippen molar-refractivity contribution in [3.05, 3.63) is 0 Å². The highest BCUT2D eigenvalue weighted by molar-refractivity contribution is 4.99. The average molecular weight is 232 g/mol. The van der Waals surface area contributed by atoms with Crippen LogP contribution in [-0.2, 0) is 9.47 Å². The highest BCUT2D eigenvalue weighted by Crippen LogP contribution is 2.41. The van der Waals surface area contributed by atoms with Gasteiger partial charge in [0.2, 0.25) is 0 Å².